The van der Waals surface area contributed by atoms with Gasteiger partial charge in [0, 0.05) is 0 Å². The highest BCUT2D eigenvalue weighted by Gasteiger charge is 2.64. The summed E-state index contributed by atoms with van der Waals surface area (Å²) in [6.45, 7) is 0. The second-order valence-electron chi connectivity index (χ2n) is 17.8. The van der Waals surface area contributed by atoms with Crippen molar-refractivity contribution in [1.29, 1.82) is 0 Å². The third kappa shape index (κ3) is 7.28. The number of ether oxygens (including phenoxy) is 1. The summed E-state index contributed by atoms with van der Waals surface area (Å²) in [6, 6.07) is 4.33. The van der Waals surface area contributed by atoms with E-state index in [1.165, 1.54) is 12.0 Å². The number of esters is 1. The molecular formula is C41H49F4O8S2-. The first-order chi connectivity index (χ1) is 26.1. The molecule has 0 aliphatic heterocycles. The van der Waals surface area contributed by atoms with Crippen molar-refractivity contribution in [2.75, 3.05) is 0 Å². The van der Waals surface area contributed by atoms with E-state index in [-0.39, 0.29) is 47.8 Å². The number of hydrogen-bond donors (Lipinski definition) is 0. The molecule has 2 atom stereocenters. The van der Waals surface area contributed by atoms with Crippen LogP contribution in [0.5, 0.6) is 5.75 Å². The van der Waals surface area contributed by atoms with Gasteiger partial charge in [-0.1, -0.05) is 69.9 Å². The minimum absolute atomic E-state index is 0.0688. The maximum absolute atomic E-state index is 15.2. The number of halogens is 4. The number of hydrogen-bond acceptors (Lipinski definition) is 8. The van der Waals surface area contributed by atoms with Gasteiger partial charge in [0.2, 0.25) is 17.4 Å². The lowest BCUT2D eigenvalue weighted by Crippen LogP contribution is -2.60. The van der Waals surface area contributed by atoms with Crippen molar-refractivity contribution in [3.63, 3.8) is 0 Å². The minimum Gasteiger partial charge on any atom is -0.744 e. The first kappa shape index (κ1) is 39.3. The van der Waals surface area contributed by atoms with Crippen LogP contribution in [0, 0.1) is 40.5 Å². The van der Waals surface area contributed by atoms with Crippen molar-refractivity contribution in [2.24, 2.45) is 17.3 Å². The molecule has 7 aliphatic rings. The Bertz CT molecular complexity index is 1990. The number of rotatable bonds is 9. The highest BCUT2D eigenvalue weighted by molar-refractivity contribution is 7.87. The van der Waals surface area contributed by atoms with Gasteiger partial charge in [-0.25, -0.2) is 17.2 Å². The van der Waals surface area contributed by atoms with Gasteiger partial charge in [-0.3, -0.25) is 8.98 Å². The molecule has 2 aromatic carbocycles. The van der Waals surface area contributed by atoms with Crippen molar-refractivity contribution in [3.8, 4) is 5.75 Å². The molecule has 0 heterocycles. The summed E-state index contributed by atoms with van der Waals surface area (Å²) in [5.74, 6) is -12.5. The quantitative estimate of drug-likeness (QED) is 0.0612. The highest BCUT2D eigenvalue weighted by Crippen LogP contribution is 2.64. The van der Waals surface area contributed by atoms with Gasteiger partial charge in [0.25, 0.3) is 10.1 Å². The average Bonchev–Trinajstić information content (AvgIpc) is 3.14. The molecule has 0 spiro atoms. The standard InChI is InChI=1S/C41H50F4O8S2/c42-32-34(44)38(54(47,48)49)35(45)33(43)36(32)52-39(46)40-19-24-16-25(20-40)22-41(21-24,23-40)53-55(50,51)37-30(27-12-6-2-7-13-27)17-29(26-10-4-1-5-11-26)18-31(37)28-14-8-3-9-15-28/h17-18,24-28H,1-16,19-23H2,(H,47,48,49)/p-1. The van der Waals surface area contributed by atoms with Gasteiger partial charge >= 0.3 is 5.97 Å². The normalized spacial score (nSPS) is 29.5. The number of carbonyl (C=O) groups is 1. The molecule has 0 amide bonds. The van der Waals surface area contributed by atoms with E-state index in [0.29, 0.717) is 25.2 Å². The van der Waals surface area contributed by atoms with Crippen molar-refractivity contribution >= 4 is 26.2 Å². The molecule has 8 nitrogen and oxygen atoms in total. The van der Waals surface area contributed by atoms with Gasteiger partial charge in [0.05, 0.1) is 11.0 Å². The van der Waals surface area contributed by atoms with Crippen LogP contribution in [-0.2, 0) is 29.2 Å². The molecule has 0 saturated heterocycles. The molecule has 14 heteroatoms. The molecule has 55 heavy (non-hydrogen) atoms. The average molecular weight is 810 g/mol. The van der Waals surface area contributed by atoms with Crippen LogP contribution in [0.4, 0.5) is 17.6 Å². The Balaban J connectivity index is 1.17. The maximum atomic E-state index is 15.2. The molecule has 2 unspecified atom stereocenters. The van der Waals surface area contributed by atoms with E-state index in [0.717, 1.165) is 101 Å². The number of carbonyl (C=O) groups excluding carboxylic acids is 1. The molecule has 0 aromatic heterocycles. The summed E-state index contributed by atoms with van der Waals surface area (Å²) in [4.78, 5) is 11.9. The Morgan fingerprint density at radius 1 is 0.636 bits per heavy atom. The van der Waals surface area contributed by atoms with Gasteiger partial charge in [0.1, 0.15) is 19.9 Å². The third-order valence-electron chi connectivity index (χ3n) is 13.9. The predicted octanol–water partition coefficient (Wildman–Crippen LogP) is 9.94. The Morgan fingerprint density at radius 3 is 1.55 bits per heavy atom. The van der Waals surface area contributed by atoms with E-state index < -0.39 is 71.1 Å². The highest BCUT2D eigenvalue weighted by atomic mass is 32.2. The zero-order valence-corrected chi connectivity index (χ0v) is 32.6. The first-order valence-corrected chi connectivity index (χ1v) is 23.1. The molecule has 2 aromatic rings. The van der Waals surface area contributed by atoms with Crippen molar-refractivity contribution in [1.82, 2.24) is 0 Å². The van der Waals surface area contributed by atoms with Gasteiger partial charge in [0.15, 0.2) is 11.6 Å². The van der Waals surface area contributed by atoms with E-state index in [4.69, 9.17) is 8.92 Å². The van der Waals surface area contributed by atoms with Gasteiger partial charge in [-0.2, -0.15) is 17.2 Å². The number of benzene rings is 2. The van der Waals surface area contributed by atoms with Gasteiger partial charge in [-0.15, -0.1) is 0 Å². The molecule has 4 bridgehead atoms. The zero-order chi connectivity index (χ0) is 38.9. The van der Waals surface area contributed by atoms with Crippen LogP contribution in [0.2, 0.25) is 0 Å². The Hall–Kier alpha value is -2.55. The van der Waals surface area contributed by atoms with E-state index in [2.05, 4.69) is 12.1 Å². The second kappa shape index (κ2) is 14.7. The molecule has 0 radical (unpaired) electrons. The largest absolute Gasteiger partial charge is 0.744 e. The molecule has 0 N–H and O–H groups in total. The molecule has 302 valence electrons. The molecule has 7 aliphatic carbocycles. The smallest absolute Gasteiger partial charge is 0.317 e. The molecule has 7 fully saturated rings. The van der Waals surface area contributed by atoms with Crippen LogP contribution in [-0.4, -0.2) is 33.0 Å². The Kier molecular flexibility index (Phi) is 10.5. The Morgan fingerprint density at radius 2 is 1.09 bits per heavy atom. The van der Waals surface area contributed by atoms with E-state index in [1.54, 1.807) is 0 Å². The predicted molar refractivity (Wildman–Crippen MR) is 192 cm³/mol. The lowest BCUT2D eigenvalue weighted by molar-refractivity contribution is -0.182. The summed E-state index contributed by atoms with van der Waals surface area (Å²) in [5.41, 5.74) is 0.106. The van der Waals surface area contributed by atoms with Gasteiger partial charge in [-0.05, 0) is 123 Å². The molecule has 7 saturated carbocycles. The van der Waals surface area contributed by atoms with Crippen molar-refractivity contribution in [2.45, 2.75) is 168 Å². The fraction of sp³-hybridized carbons (Fsp3) is 0.683. The fourth-order valence-electron chi connectivity index (χ4n) is 12.0. The van der Waals surface area contributed by atoms with E-state index in [1.807, 2.05) is 0 Å². The lowest BCUT2D eigenvalue weighted by Gasteiger charge is -2.59. The summed E-state index contributed by atoms with van der Waals surface area (Å²) in [5, 5.41) is 0. The zero-order valence-electron chi connectivity index (χ0n) is 31.0. The SMILES string of the molecule is O=C(Oc1c(F)c(F)c(S(=O)(=O)[O-])c(F)c1F)C12CC3CC(CC(OS(=O)(=O)c4c(C5CCCCC5)cc(C5CCCCC5)cc4C4CCCCC4)(C3)C1)C2. The van der Waals surface area contributed by atoms with Crippen molar-refractivity contribution < 1.29 is 52.7 Å². The van der Waals surface area contributed by atoms with Crippen LogP contribution >= 0.6 is 0 Å². The topological polar surface area (TPSA) is 127 Å². The van der Waals surface area contributed by atoms with E-state index in [9.17, 15) is 26.5 Å². The summed E-state index contributed by atoms with van der Waals surface area (Å²) in [6.07, 6.45) is 17.1. The summed E-state index contributed by atoms with van der Waals surface area (Å²) < 4.78 is 135. The second-order valence-corrected chi connectivity index (χ2v) is 20.6. The van der Waals surface area contributed by atoms with Crippen LogP contribution < -0.4 is 4.74 Å². The van der Waals surface area contributed by atoms with Crippen LogP contribution in [0.25, 0.3) is 0 Å². The Labute approximate surface area is 321 Å². The minimum atomic E-state index is -5.96. The first-order valence-electron chi connectivity index (χ1n) is 20.3. The van der Waals surface area contributed by atoms with Gasteiger partial charge < -0.3 is 9.29 Å². The summed E-state index contributed by atoms with van der Waals surface area (Å²) in [7, 11) is -10.4. The summed E-state index contributed by atoms with van der Waals surface area (Å²) >= 11 is 0. The monoisotopic (exact) mass is 809 g/mol. The van der Waals surface area contributed by atoms with E-state index >= 15 is 17.2 Å². The molecular weight excluding hydrogens is 761 g/mol. The van der Waals surface area contributed by atoms with Crippen LogP contribution in [0.3, 0.4) is 0 Å². The fourth-order valence-corrected chi connectivity index (χ4v) is 14.4. The van der Waals surface area contributed by atoms with Crippen LogP contribution in [0.1, 0.15) is 169 Å². The maximum Gasteiger partial charge on any atom is 0.317 e. The lowest BCUT2D eigenvalue weighted by atomic mass is 9.48. The third-order valence-corrected chi connectivity index (χ3v) is 16.3. The van der Waals surface area contributed by atoms with Crippen LogP contribution in [0.15, 0.2) is 21.9 Å². The molecule has 9 rings (SSSR count). The van der Waals surface area contributed by atoms with Crippen molar-refractivity contribution in [3.05, 3.63) is 52.1 Å².